The molecule has 1 amide bonds. The number of imidazole rings is 1. The summed E-state index contributed by atoms with van der Waals surface area (Å²) in [5.74, 6) is 0.491. The van der Waals surface area contributed by atoms with Crippen molar-refractivity contribution in [1.82, 2.24) is 20.2 Å². The van der Waals surface area contributed by atoms with E-state index >= 15 is 0 Å². The van der Waals surface area contributed by atoms with E-state index in [9.17, 15) is 4.79 Å². The van der Waals surface area contributed by atoms with Gasteiger partial charge in [0.15, 0.2) is 0 Å². The summed E-state index contributed by atoms with van der Waals surface area (Å²) in [6.45, 7) is 2.27. The van der Waals surface area contributed by atoms with Gasteiger partial charge < -0.3 is 10.6 Å². The quantitative estimate of drug-likeness (QED) is 0.653. The van der Waals surface area contributed by atoms with Gasteiger partial charge in [0.1, 0.15) is 6.33 Å². The van der Waals surface area contributed by atoms with Crippen LogP contribution in [0.5, 0.6) is 0 Å². The molecule has 1 saturated carbocycles. The summed E-state index contributed by atoms with van der Waals surface area (Å²) in [5.41, 5.74) is 4.44. The summed E-state index contributed by atoms with van der Waals surface area (Å²) in [7, 11) is 0. The number of hydrogen-bond acceptors (Lipinski definition) is 3. The van der Waals surface area contributed by atoms with Crippen molar-refractivity contribution < 1.29 is 4.79 Å². The minimum absolute atomic E-state index is 0.207. The van der Waals surface area contributed by atoms with Crippen LogP contribution in [0.3, 0.4) is 0 Å². The fourth-order valence-corrected chi connectivity index (χ4v) is 2.94. The maximum absolute atomic E-state index is 11.5. The molecule has 1 heterocycles. The number of carbonyl (C=O) groups is 1. The Morgan fingerprint density at radius 3 is 2.68 bits per heavy atom. The highest BCUT2D eigenvalue weighted by atomic mass is 16.2. The Hall–Kier alpha value is -2.66. The van der Waals surface area contributed by atoms with Gasteiger partial charge in [-0.15, -0.1) is 0 Å². The van der Waals surface area contributed by atoms with Crippen LogP contribution in [-0.2, 0) is 11.3 Å². The van der Waals surface area contributed by atoms with Gasteiger partial charge in [0, 0.05) is 31.2 Å². The molecular formula is C20H22N4O. The molecule has 0 spiro atoms. The van der Waals surface area contributed by atoms with Gasteiger partial charge in [0.25, 0.3) is 0 Å². The SMILES string of the molecule is O=C(NCCNCc1ccc(-n2cnc3ccccc32)cc1)C1CC1. The molecule has 0 atom stereocenters. The number of rotatable bonds is 7. The fourth-order valence-electron chi connectivity index (χ4n) is 2.94. The lowest BCUT2D eigenvalue weighted by Gasteiger charge is -2.08. The summed E-state index contributed by atoms with van der Waals surface area (Å²) in [6.07, 6.45) is 3.97. The van der Waals surface area contributed by atoms with E-state index in [2.05, 4.69) is 50.5 Å². The van der Waals surface area contributed by atoms with E-state index in [-0.39, 0.29) is 11.8 Å². The Labute approximate surface area is 147 Å². The zero-order chi connectivity index (χ0) is 17.1. The molecule has 0 bridgehead atoms. The zero-order valence-corrected chi connectivity index (χ0v) is 14.1. The minimum Gasteiger partial charge on any atom is -0.355 e. The van der Waals surface area contributed by atoms with Crippen molar-refractivity contribution in [3.05, 3.63) is 60.4 Å². The van der Waals surface area contributed by atoms with Gasteiger partial charge in [-0.2, -0.15) is 0 Å². The number of benzene rings is 2. The number of hydrogen-bond donors (Lipinski definition) is 2. The van der Waals surface area contributed by atoms with Crippen molar-refractivity contribution in [3.63, 3.8) is 0 Å². The molecule has 4 rings (SSSR count). The van der Waals surface area contributed by atoms with Crippen molar-refractivity contribution in [2.75, 3.05) is 13.1 Å². The van der Waals surface area contributed by atoms with E-state index in [4.69, 9.17) is 0 Å². The second-order valence-electron chi connectivity index (χ2n) is 6.51. The highest BCUT2D eigenvalue weighted by Crippen LogP contribution is 2.28. The molecule has 0 saturated heterocycles. The molecule has 1 aromatic heterocycles. The molecular weight excluding hydrogens is 312 g/mol. The summed E-state index contributed by atoms with van der Waals surface area (Å²) >= 11 is 0. The van der Waals surface area contributed by atoms with Crippen molar-refractivity contribution in [2.24, 2.45) is 5.92 Å². The molecule has 1 fully saturated rings. The lowest BCUT2D eigenvalue weighted by atomic mass is 10.2. The molecule has 0 unspecified atom stereocenters. The van der Waals surface area contributed by atoms with Gasteiger partial charge in [-0.25, -0.2) is 4.98 Å². The first-order chi connectivity index (χ1) is 12.3. The average Bonchev–Trinajstić information content (AvgIpc) is 3.41. The van der Waals surface area contributed by atoms with E-state index in [0.717, 1.165) is 42.7 Å². The number of nitrogens with one attached hydrogen (secondary N) is 2. The summed E-state index contributed by atoms with van der Waals surface area (Å²) in [5, 5.41) is 6.33. The third kappa shape index (κ3) is 3.72. The third-order valence-electron chi connectivity index (χ3n) is 4.55. The second kappa shape index (κ2) is 7.07. The molecule has 25 heavy (non-hydrogen) atoms. The summed E-state index contributed by atoms with van der Waals surface area (Å²) < 4.78 is 2.10. The Kier molecular flexibility index (Phi) is 4.48. The number of carbonyl (C=O) groups excluding carboxylic acids is 1. The van der Waals surface area contributed by atoms with Crippen LogP contribution in [0.2, 0.25) is 0 Å². The first-order valence-corrected chi connectivity index (χ1v) is 8.81. The van der Waals surface area contributed by atoms with E-state index in [0.29, 0.717) is 6.54 Å². The lowest BCUT2D eigenvalue weighted by molar-refractivity contribution is -0.122. The van der Waals surface area contributed by atoms with Gasteiger partial charge in [-0.3, -0.25) is 9.36 Å². The number of fused-ring (bicyclic) bond motifs is 1. The number of para-hydroxylation sites is 2. The van der Waals surface area contributed by atoms with Crippen LogP contribution >= 0.6 is 0 Å². The van der Waals surface area contributed by atoms with Gasteiger partial charge in [-0.05, 0) is 42.7 Å². The van der Waals surface area contributed by atoms with Crippen molar-refractivity contribution in [2.45, 2.75) is 19.4 Å². The van der Waals surface area contributed by atoms with Gasteiger partial charge in [-0.1, -0.05) is 24.3 Å². The molecule has 5 nitrogen and oxygen atoms in total. The highest BCUT2D eigenvalue weighted by molar-refractivity contribution is 5.80. The first-order valence-electron chi connectivity index (χ1n) is 8.81. The van der Waals surface area contributed by atoms with Crippen LogP contribution in [0.25, 0.3) is 16.7 Å². The molecule has 5 heteroatoms. The molecule has 3 aromatic rings. The molecule has 1 aliphatic rings. The van der Waals surface area contributed by atoms with Gasteiger partial charge in [0.05, 0.1) is 11.0 Å². The predicted octanol–water partition coefficient (Wildman–Crippen LogP) is 2.64. The van der Waals surface area contributed by atoms with Crippen LogP contribution in [0.15, 0.2) is 54.9 Å². The predicted molar refractivity (Wildman–Crippen MR) is 98.5 cm³/mol. The third-order valence-corrected chi connectivity index (χ3v) is 4.55. The maximum Gasteiger partial charge on any atom is 0.223 e. The Morgan fingerprint density at radius 1 is 1.08 bits per heavy atom. The fraction of sp³-hybridized carbons (Fsp3) is 0.300. The monoisotopic (exact) mass is 334 g/mol. The normalized spacial score (nSPS) is 13.9. The summed E-state index contributed by atoms with van der Waals surface area (Å²) in [6, 6.07) is 16.6. The maximum atomic E-state index is 11.5. The Morgan fingerprint density at radius 2 is 1.88 bits per heavy atom. The van der Waals surface area contributed by atoms with E-state index < -0.39 is 0 Å². The number of amides is 1. The van der Waals surface area contributed by atoms with Crippen LogP contribution in [0.1, 0.15) is 18.4 Å². The topological polar surface area (TPSA) is 59.0 Å². The average molecular weight is 334 g/mol. The van der Waals surface area contributed by atoms with Crippen LogP contribution in [0, 0.1) is 5.92 Å². The lowest BCUT2D eigenvalue weighted by Crippen LogP contribution is -2.32. The minimum atomic E-state index is 0.207. The molecule has 2 aromatic carbocycles. The van der Waals surface area contributed by atoms with Crippen molar-refractivity contribution >= 4 is 16.9 Å². The number of aromatic nitrogens is 2. The zero-order valence-electron chi connectivity index (χ0n) is 14.1. The largest absolute Gasteiger partial charge is 0.355 e. The van der Waals surface area contributed by atoms with Gasteiger partial charge in [0.2, 0.25) is 5.91 Å². The van der Waals surface area contributed by atoms with Crippen molar-refractivity contribution in [1.29, 1.82) is 0 Å². The number of nitrogens with zero attached hydrogens (tertiary/aromatic N) is 2. The van der Waals surface area contributed by atoms with Crippen LogP contribution < -0.4 is 10.6 Å². The standard InChI is InChI=1S/C20H22N4O/c25-20(16-7-8-16)22-12-11-21-13-15-5-9-17(10-6-15)24-14-23-18-3-1-2-4-19(18)24/h1-6,9-10,14,16,21H,7-8,11-13H2,(H,22,25). The van der Waals surface area contributed by atoms with Crippen molar-refractivity contribution in [3.8, 4) is 5.69 Å². The second-order valence-corrected chi connectivity index (χ2v) is 6.51. The smallest absolute Gasteiger partial charge is 0.223 e. The molecule has 0 aliphatic heterocycles. The Bertz CT molecular complexity index is 865. The van der Waals surface area contributed by atoms with E-state index in [1.54, 1.807) is 0 Å². The summed E-state index contributed by atoms with van der Waals surface area (Å²) in [4.78, 5) is 16.0. The molecule has 1 aliphatic carbocycles. The first kappa shape index (κ1) is 15.8. The van der Waals surface area contributed by atoms with Crippen LogP contribution in [-0.4, -0.2) is 28.5 Å². The Balaban J connectivity index is 1.30. The highest BCUT2D eigenvalue weighted by Gasteiger charge is 2.28. The molecule has 128 valence electrons. The molecule has 0 radical (unpaired) electrons. The van der Waals surface area contributed by atoms with E-state index in [1.165, 1.54) is 5.56 Å². The van der Waals surface area contributed by atoms with Crippen LogP contribution in [0.4, 0.5) is 0 Å². The molecule has 2 N–H and O–H groups in total. The van der Waals surface area contributed by atoms with E-state index in [1.807, 2.05) is 24.5 Å². The van der Waals surface area contributed by atoms with Gasteiger partial charge >= 0.3 is 0 Å².